The molecular formula is C12H22F3N3O3. The number of nitrogens with one attached hydrogen (secondary N) is 1. The number of piperazine rings is 1. The fourth-order valence-electron chi connectivity index (χ4n) is 2.09. The third-order valence-electron chi connectivity index (χ3n) is 2.85. The molecule has 1 fully saturated rings. The molecule has 1 heterocycles. The number of aliphatic carboxylic acids is 1. The van der Waals surface area contributed by atoms with Gasteiger partial charge in [-0.1, -0.05) is 20.8 Å². The van der Waals surface area contributed by atoms with Gasteiger partial charge in [-0.05, 0) is 5.41 Å². The van der Waals surface area contributed by atoms with Crippen molar-refractivity contribution in [3.8, 4) is 0 Å². The second-order valence-electron chi connectivity index (χ2n) is 5.76. The van der Waals surface area contributed by atoms with Crippen molar-refractivity contribution in [1.82, 2.24) is 10.2 Å². The number of carbonyl (C=O) groups is 2. The summed E-state index contributed by atoms with van der Waals surface area (Å²) in [6.45, 7) is 9.88. The molecule has 0 aliphatic carbocycles. The molecule has 1 amide bonds. The fourth-order valence-corrected chi connectivity index (χ4v) is 2.09. The van der Waals surface area contributed by atoms with Crippen LogP contribution in [0.4, 0.5) is 13.2 Å². The van der Waals surface area contributed by atoms with E-state index in [0.29, 0.717) is 0 Å². The van der Waals surface area contributed by atoms with Crippen molar-refractivity contribution in [2.45, 2.75) is 33.0 Å². The smallest absolute Gasteiger partial charge is 0.475 e. The van der Waals surface area contributed by atoms with Gasteiger partial charge in [0.25, 0.3) is 0 Å². The van der Waals surface area contributed by atoms with Gasteiger partial charge in [0.1, 0.15) is 0 Å². The molecular weight excluding hydrogens is 291 g/mol. The van der Waals surface area contributed by atoms with E-state index in [4.69, 9.17) is 15.6 Å². The number of amides is 1. The molecule has 124 valence electrons. The number of halogens is 3. The molecule has 0 radical (unpaired) electrons. The molecule has 1 atom stereocenters. The molecule has 1 aliphatic heterocycles. The molecule has 1 unspecified atom stereocenters. The summed E-state index contributed by atoms with van der Waals surface area (Å²) in [7, 11) is 0. The van der Waals surface area contributed by atoms with E-state index in [9.17, 15) is 18.0 Å². The molecule has 0 aromatic heterocycles. The summed E-state index contributed by atoms with van der Waals surface area (Å²) >= 11 is 0. The minimum atomic E-state index is -5.08. The van der Waals surface area contributed by atoms with E-state index in [-0.39, 0.29) is 17.4 Å². The zero-order chi connectivity index (χ0) is 16.8. The number of nitrogens with two attached hydrogens (primary N) is 1. The molecule has 1 aliphatic rings. The minimum Gasteiger partial charge on any atom is -0.475 e. The maximum absolute atomic E-state index is 11.4. The highest BCUT2D eigenvalue weighted by Crippen LogP contribution is 2.24. The Bertz CT molecular complexity index is 361. The average Bonchev–Trinajstić information content (AvgIpc) is 2.27. The van der Waals surface area contributed by atoms with Crippen molar-refractivity contribution in [3.05, 3.63) is 0 Å². The summed E-state index contributed by atoms with van der Waals surface area (Å²) in [5, 5.41) is 10.4. The largest absolute Gasteiger partial charge is 0.490 e. The second-order valence-corrected chi connectivity index (χ2v) is 5.76. The summed E-state index contributed by atoms with van der Waals surface area (Å²) in [5.41, 5.74) is 5.37. The van der Waals surface area contributed by atoms with E-state index in [1.165, 1.54) is 0 Å². The first-order valence-corrected chi connectivity index (χ1v) is 6.41. The number of primary amides is 1. The lowest BCUT2D eigenvalue weighted by Crippen LogP contribution is -2.57. The van der Waals surface area contributed by atoms with Crippen LogP contribution >= 0.6 is 0 Å². The molecule has 4 N–H and O–H groups in total. The van der Waals surface area contributed by atoms with Gasteiger partial charge in [0.15, 0.2) is 0 Å². The van der Waals surface area contributed by atoms with Crippen LogP contribution < -0.4 is 11.1 Å². The van der Waals surface area contributed by atoms with Gasteiger partial charge < -0.3 is 16.2 Å². The van der Waals surface area contributed by atoms with Crippen LogP contribution in [-0.4, -0.2) is 60.3 Å². The Kier molecular flexibility index (Phi) is 7.11. The van der Waals surface area contributed by atoms with Gasteiger partial charge in [0, 0.05) is 26.2 Å². The average molecular weight is 313 g/mol. The maximum atomic E-state index is 11.4. The van der Waals surface area contributed by atoms with Crippen LogP contribution in [0.25, 0.3) is 0 Å². The molecule has 0 saturated carbocycles. The van der Waals surface area contributed by atoms with E-state index in [1.807, 2.05) is 0 Å². The topological polar surface area (TPSA) is 95.7 Å². The van der Waals surface area contributed by atoms with E-state index in [2.05, 4.69) is 31.0 Å². The number of alkyl halides is 3. The zero-order valence-electron chi connectivity index (χ0n) is 12.3. The van der Waals surface area contributed by atoms with Crippen LogP contribution in [0.5, 0.6) is 0 Å². The summed E-state index contributed by atoms with van der Waals surface area (Å²) in [6.07, 6.45) is -5.08. The van der Waals surface area contributed by atoms with Crippen molar-refractivity contribution in [2.24, 2.45) is 11.1 Å². The SMILES string of the molecule is CC(C)(C)C(C(N)=O)N1CCNCC1.O=C(O)C(F)(F)F. The zero-order valence-corrected chi connectivity index (χ0v) is 12.3. The number of rotatable bonds is 2. The highest BCUT2D eigenvalue weighted by Gasteiger charge is 2.38. The quantitative estimate of drug-likeness (QED) is 0.687. The standard InChI is InChI=1S/C10H21N3O.C2HF3O2/c1-10(2,3)8(9(11)14)13-6-4-12-5-7-13;3-2(4,5)1(6)7/h8,12H,4-7H2,1-3H3,(H2,11,14);(H,6,7). The molecule has 0 bridgehead atoms. The number of hydrogen-bond donors (Lipinski definition) is 3. The number of hydrogen-bond acceptors (Lipinski definition) is 4. The summed E-state index contributed by atoms with van der Waals surface area (Å²) < 4.78 is 31.7. The van der Waals surface area contributed by atoms with Gasteiger partial charge in [-0.2, -0.15) is 13.2 Å². The third kappa shape index (κ3) is 7.28. The predicted octanol–water partition coefficient (Wildman–Crippen LogP) is 0.425. The second kappa shape index (κ2) is 7.60. The summed E-state index contributed by atoms with van der Waals surface area (Å²) in [6, 6.07) is -0.149. The van der Waals surface area contributed by atoms with Crippen LogP contribution in [0.2, 0.25) is 0 Å². The van der Waals surface area contributed by atoms with Gasteiger partial charge >= 0.3 is 12.1 Å². The van der Waals surface area contributed by atoms with Crippen LogP contribution in [0, 0.1) is 5.41 Å². The summed E-state index contributed by atoms with van der Waals surface area (Å²) in [4.78, 5) is 22.5. The van der Waals surface area contributed by atoms with Gasteiger partial charge in [-0.3, -0.25) is 9.69 Å². The molecule has 9 heteroatoms. The molecule has 1 saturated heterocycles. The van der Waals surface area contributed by atoms with Gasteiger partial charge in [0.05, 0.1) is 6.04 Å². The van der Waals surface area contributed by atoms with Crippen LogP contribution in [-0.2, 0) is 9.59 Å². The Hall–Kier alpha value is -1.35. The van der Waals surface area contributed by atoms with Crippen molar-refractivity contribution in [1.29, 1.82) is 0 Å². The first-order valence-electron chi connectivity index (χ1n) is 6.41. The Labute approximate surface area is 121 Å². The Morgan fingerprint density at radius 1 is 1.19 bits per heavy atom. The summed E-state index contributed by atoms with van der Waals surface area (Å²) in [5.74, 6) is -2.97. The molecule has 0 spiro atoms. The van der Waals surface area contributed by atoms with Crippen LogP contribution in [0.3, 0.4) is 0 Å². The highest BCUT2D eigenvalue weighted by molar-refractivity contribution is 5.80. The molecule has 6 nitrogen and oxygen atoms in total. The van der Waals surface area contributed by atoms with Crippen molar-refractivity contribution in [2.75, 3.05) is 26.2 Å². The fraction of sp³-hybridized carbons (Fsp3) is 0.833. The van der Waals surface area contributed by atoms with E-state index in [1.54, 1.807) is 0 Å². The van der Waals surface area contributed by atoms with Crippen molar-refractivity contribution >= 4 is 11.9 Å². The lowest BCUT2D eigenvalue weighted by molar-refractivity contribution is -0.192. The molecule has 1 rings (SSSR count). The van der Waals surface area contributed by atoms with Gasteiger partial charge in [-0.25, -0.2) is 4.79 Å². The van der Waals surface area contributed by atoms with Crippen molar-refractivity contribution < 1.29 is 27.9 Å². The van der Waals surface area contributed by atoms with E-state index < -0.39 is 12.1 Å². The lowest BCUT2D eigenvalue weighted by atomic mass is 9.85. The highest BCUT2D eigenvalue weighted by atomic mass is 19.4. The molecule has 0 aromatic carbocycles. The lowest BCUT2D eigenvalue weighted by Gasteiger charge is -2.40. The Morgan fingerprint density at radius 2 is 1.57 bits per heavy atom. The normalized spacial score (nSPS) is 18.4. The number of carboxylic acids is 1. The monoisotopic (exact) mass is 313 g/mol. The molecule has 0 aromatic rings. The Balaban J connectivity index is 0.000000486. The van der Waals surface area contributed by atoms with E-state index in [0.717, 1.165) is 26.2 Å². The number of carboxylic acid groups (broad SMARTS) is 1. The first-order chi connectivity index (χ1) is 9.37. The predicted molar refractivity (Wildman–Crippen MR) is 70.6 cm³/mol. The van der Waals surface area contributed by atoms with Crippen molar-refractivity contribution in [3.63, 3.8) is 0 Å². The van der Waals surface area contributed by atoms with E-state index >= 15 is 0 Å². The number of carbonyl (C=O) groups excluding carboxylic acids is 1. The van der Waals surface area contributed by atoms with Gasteiger partial charge in [0.2, 0.25) is 5.91 Å². The third-order valence-corrected chi connectivity index (χ3v) is 2.85. The first kappa shape index (κ1) is 19.7. The number of nitrogens with zero attached hydrogens (tertiary/aromatic N) is 1. The van der Waals surface area contributed by atoms with Crippen LogP contribution in [0.1, 0.15) is 20.8 Å². The van der Waals surface area contributed by atoms with Gasteiger partial charge in [-0.15, -0.1) is 0 Å². The van der Waals surface area contributed by atoms with Crippen LogP contribution in [0.15, 0.2) is 0 Å². The maximum Gasteiger partial charge on any atom is 0.490 e. The Morgan fingerprint density at radius 3 is 1.81 bits per heavy atom. The molecule has 21 heavy (non-hydrogen) atoms. The minimum absolute atomic E-state index is 0.0802.